The van der Waals surface area contributed by atoms with E-state index >= 15 is 0 Å². The summed E-state index contributed by atoms with van der Waals surface area (Å²) in [5.41, 5.74) is 0. The summed E-state index contributed by atoms with van der Waals surface area (Å²) in [5.74, 6) is 0. The molecule has 0 saturated carbocycles. The third-order valence-corrected chi connectivity index (χ3v) is 1.89. The first-order chi connectivity index (χ1) is 4.43. The van der Waals surface area contributed by atoms with E-state index in [-0.39, 0.29) is 0 Å². The molecule has 0 N–H and O–H groups in total. The van der Waals surface area contributed by atoms with Gasteiger partial charge in [-0.1, -0.05) is 6.08 Å². The van der Waals surface area contributed by atoms with Crippen LogP contribution in [0.15, 0.2) is 24.9 Å². The van der Waals surface area contributed by atoms with Crippen LogP contribution in [0.1, 0.15) is 11.3 Å². The summed E-state index contributed by atoms with van der Waals surface area (Å²) < 4.78 is 3.98. The highest BCUT2D eigenvalue weighted by atomic mass is 32.1. The average molecular weight is 139 g/mol. The molecule has 1 nitrogen and oxygen atoms in total. The quantitative estimate of drug-likeness (QED) is 0.585. The zero-order valence-electron chi connectivity index (χ0n) is 5.21. The molecule has 0 atom stereocenters. The molecule has 1 aromatic rings. The maximum atomic E-state index is 3.98. The first kappa shape index (κ1) is 6.49. The second kappa shape index (κ2) is 3.41. The van der Waals surface area contributed by atoms with Crippen molar-refractivity contribution in [2.24, 2.45) is 0 Å². The molecule has 0 fully saturated rings. The van der Waals surface area contributed by atoms with E-state index in [0.717, 1.165) is 12.8 Å². The van der Waals surface area contributed by atoms with E-state index in [0.29, 0.717) is 0 Å². The van der Waals surface area contributed by atoms with Gasteiger partial charge in [-0.15, -0.1) is 6.58 Å². The van der Waals surface area contributed by atoms with Gasteiger partial charge in [-0.05, 0) is 30.4 Å². The molecule has 1 rings (SSSR count). The van der Waals surface area contributed by atoms with Gasteiger partial charge in [-0.2, -0.15) is 0 Å². The third kappa shape index (κ3) is 1.98. The predicted molar refractivity (Wildman–Crippen MR) is 40.6 cm³/mol. The molecule has 0 aliphatic rings. The lowest BCUT2D eigenvalue weighted by molar-refractivity contribution is 1.03. The molecule has 0 amide bonds. The van der Waals surface area contributed by atoms with Gasteiger partial charge in [-0.3, -0.25) is 0 Å². The lowest BCUT2D eigenvalue weighted by atomic mass is 10.3. The Balaban J connectivity index is 2.38. The molecule has 0 bridgehead atoms. The second-order valence-electron chi connectivity index (χ2n) is 1.81. The van der Waals surface area contributed by atoms with Crippen molar-refractivity contribution >= 4 is 11.5 Å². The molecule has 0 saturated heterocycles. The molecule has 0 spiro atoms. The van der Waals surface area contributed by atoms with Crippen molar-refractivity contribution in [3.8, 4) is 0 Å². The minimum atomic E-state index is 1.06. The summed E-state index contributed by atoms with van der Waals surface area (Å²) in [5, 5.41) is 0. The van der Waals surface area contributed by atoms with Gasteiger partial charge in [0.1, 0.15) is 0 Å². The Kier molecular flexibility index (Phi) is 2.46. The van der Waals surface area contributed by atoms with Crippen LogP contribution < -0.4 is 0 Å². The van der Waals surface area contributed by atoms with E-state index < -0.39 is 0 Å². The van der Waals surface area contributed by atoms with E-state index in [1.165, 1.54) is 4.88 Å². The zero-order chi connectivity index (χ0) is 6.53. The lowest BCUT2D eigenvalue weighted by Gasteiger charge is -1.86. The van der Waals surface area contributed by atoms with E-state index in [1.54, 1.807) is 11.5 Å². The van der Waals surface area contributed by atoms with Crippen LogP contribution in [0.2, 0.25) is 0 Å². The van der Waals surface area contributed by atoms with Crippen molar-refractivity contribution in [1.29, 1.82) is 0 Å². The summed E-state index contributed by atoms with van der Waals surface area (Å²) in [6, 6.07) is 2.05. The summed E-state index contributed by atoms with van der Waals surface area (Å²) in [6.45, 7) is 3.64. The highest BCUT2D eigenvalue weighted by Gasteiger charge is 1.89. The van der Waals surface area contributed by atoms with Gasteiger partial charge >= 0.3 is 0 Å². The van der Waals surface area contributed by atoms with Crippen LogP contribution in [-0.2, 0) is 6.42 Å². The van der Waals surface area contributed by atoms with Crippen LogP contribution in [0.4, 0.5) is 0 Å². The van der Waals surface area contributed by atoms with E-state index in [2.05, 4.69) is 11.0 Å². The Morgan fingerprint density at radius 1 is 1.78 bits per heavy atom. The molecule has 1 heterocycles. The Morgan fingerprint density at radius 2 is 2.67 bits per heavy atom. The first-order valence-corrected chi connectivity index (χ1v) is 3.71. The fraction of sp³-hybridized carbons (Fsp3) is 0.286. The molecule has 0 aliphatic carbocycles. The Hall–Kier alpha value is -0.630. The van der Waals surface area contributed by atoms with Gasteiger partial charge in [0.15, 0.2) is 0 Å². The fourth-order valence-electron chi connectivity index (χ4n) is 0.615. The first-order valence-electron chi connectivity index (χ1n) is 2.94. The van der Waals surface area contributed by atoms with Crippen molar-refractivity contribution in [3.05, 3.63) is 29.8 Å². The molecule has 9 heavy (non-hydrogen) atoms. The number of aromatic nitrogens is 1. The highest BCUT2D eigenvalue weighted by Crippen LogP contribution is 2.06. The maximum absolute atomic E-state index is 3.98. The highest BCUT2D eigenvalue weighted by molar-refractivity contribution is 7.05. The van der Waals surface area contributed by atoms with Crippen LogP contribution in [0.25, 0.3) is 0 Å². The van der Waals surface area contributed by atoms with Crippen LogP contribution in [0, 0.1) is 0 Å². The summed E-state index contributed by atoms with van der Waals surface area (Å²) in [4.78, 5) is 1.34. The zero-order valence-corrected chi connectivity index (χ0v) is 6.03. The molecule has 0 radical (unpaired) electrons. The number of allylic oxidation sites excluding steroid dienone is 1. The minimum Gasteiger partial charge on any atom is -0.201 e. The van der Waals surface area contributed by atoms with Gasteiger partial charge in [0.2, 0.25) is 0 Å². The molecule has 0 unspecified atom stereocenters. The largest absolute Gasteiger partial charge is 0.201 e. The molecule has 0 aromatic carbocycles. The Bertz CT molecular complexity index is 167. The monoisotopic (exact) mass is 139 g/mol. The topological polar surface area (TPSA) is 12.9 Å². The number of hydrogen-bond donors (Lipinski definition) is 0. The van der Waals surface area contributed by atoms with Gasteiger partial charge in [0.05, 0.1) is 0 Å². The van der Waals surface area contributed by atoms with Gasteiger partial charge in [0, 0.05) is 11.1 Å². The SMILES string of the molecule is C=CCCc1ccns1. The molecular weight excluding hydrogens is 130 g/mol. The van der Waals surface area contributed by atoms with Crippen molar-refractivity contribution in [2.75, 3.05) is 0 Å². The van der Waals surface area contributed by atoms with Crippen molar-refractivity contribution in [1.82, 2.24) is 4.37 Å². The Morgan fingerprint density at radius 3 is 3.22 bits per heavy atom. The summed E-state index contributed by atoms with van der Waals surface area (Å²) >= 11 is 1.57. The van der Waals surface area contributed by atoms with Gasteiger partial charge in [-0.25, -0.2) is 4.37 Å². The van der Waals surface area contributed by atoms with Crippen molar-refractivity contribution in [2.45, 2.75) is 12.8 Å². The maximum Gasteiger partial charge on any atom is 0.0409 e. The molecule has 2 heteroatoms. The predicted octanol–water partition coefficient (Wildman–Crippen LogP) is 2.26. The average Bonchev–Trinajstić information content (AvgIpc) is 2.34. The lowest BCUT2D eigenvalue weighted by Crippen LogP contribution is -1.73. The van der Waals surface area contributed by atoms with E-state index in [9.17, 15) is 0 Å². The van der Waals surface area contributed by atoms with Gasteiger partial charge in [0.25, 0.3) is 0 Å². The Labute approximate surface area is 59.2 Å². The smallest absolute Gasteiger partial charge is 0.0409 e. The molecule has 48 valence electrons. The molecular formula is C7H9NS. The van der Waals surface area contributed by atoms with Crippen molar-refractivity contribution < 1.29 is 0 Å². The van der Waals surface area contributed by atoms with Crippen LogP contribution in [0.5, 0.6) is 0 Å². The third-order valence-electron chi connectivity index (χ3n) is 1.09. The standard InChI is InChI=1S/C7H9NS/c1-2-3-4-7-5-6-8-9-7/h2,5-6H,1,3-4H2. The summed E-state index contributed by atoms with van der Waals surface area (Å²) in [6.07, 6.45) is 5.92. The number of rotatable bonds is 3. The fourth-order valence-corrected chi connectivity index (χ4v) is 1.20. The van der Waals surface area contributed by atoms with Crippen molar-refractivity contribution in [3.63, 3.8) is 0 Å². The second-order valence-corrected chi connectivity index (χ2v) is 2.72. The van der Waals surface area contributed by atoms with E-state index in [4.69, 9.17) is 0 Å². The number of hydrogen-bond acceptors (Lipinski definition) is 2. The van der Waals surface area contributed by atoms with Crippen LogP contribution in [0.3, 0.4) is 0 Å². The van der Waals surface area contributed by atoms with E-state index in [1.807, 2.05) is 18.3 Å². The molecule has 0 aliphatic heterocycles. The van der Waals surface area contributed by atoms with Crippen LogP contribution >= 0.6 is 11.5 Å². The molecule has 1 aromatic heterocycles. The number of nitrogens with zero attached hydrogens (tertiary/aromatic N) is 1. The normalized spacial score (nSPS) is 9.33. The van der Waals surface area contributed by atoms with Crippen LogP contribution in [-0.4, -0.2) is 4.37 Å². The minimum absolute atomic E-state index is 1.06. The summed E-state index contributed by atoms with van der Waals surface area (Å²) in [7, 11) is 0. The number of aryl methyl sites for hydroxylation is 1. The van der Waals surface area contributed by atoms with Gasteiger partial charge < -0.3 is 0 Å².